The Kier molecular flexibility index (Phi) is 5.60. The molecular weight excluding hydrogens is 250 g/mol. The van der Waals surface area contributed by atoms with Crippen molar-refractivity contribution in [3.05, 3.63) is 29.8 Å². The molecule has 1 aliphatic rings. The maximum atomic E-state index is 12.4. The summed E-state index contributed by atoms with van der Waals surface area (Å²) in [6.45, 7) is 6.54. The SMILES string of the molecule is CCN(C(=O)CCC1CCOCC1)c1cccc(C)c1. The molecule has 3 heteroatoms. The van der Waals surface area contributed by atoms with E-state index in [0.29, 0.717) is 12.3 Å². The maximum Gasteiger partial charge on any atom is 0.226 e. The second-order valence-corrected chi connectivity index (χ2v) is 5.57. The number of anilines is 1. The van der Waals surface area contributed by atoms with Gasteiger partial charge < -0.3 is 9.64 Å². The first kappa shape index (κ1) is 15.0. The van der Waals surface area contributed by atoms with E-state index >= 15 is 0 Å². The zero-order valence-corrected chi connectivity index (χ0v) is 12.6. The molecule has 0 N–H and O–H groups in total. The molecular formula is C17H25NO2. The van der Waals surface area contributed by atoms with E-state index in [9.17, 15) is 4.79 Å². The van der Waals surface area contributed by atoms with Crippen LogP contribution in [0.15, 0.2) is 24.3 Å². The molecule has 1 aromatic rings. The second-order valence-electron chi connectivity index (χ2n) is 5.57. The molecule has 0 spiro atoms. The van der Waals surface area contributed by atoms with Gasteiger partial charge in [0.05, 0.1) is 0 Å². The molecule has 1 amide bonds. The van der Waals surface area contributed by atoms with E-state index in [2.05, 4.69) is 19.1 Å². The maximum absolute atomic E-state index is 12.4. The number of nitrogens with zero attached hydrogens (tertiary/aromatic N) is 1. The number of carbonyl (C=O) groups is 1. The van der Waals surface area contributed by atoms with Crippen LogP contribution in [0.2, 0.25) is 0 Å². The molecule has 0 radical (unpaired) electrons. The lowest BCUT2D eigenvalue weighted by atomic mass is 9.94. The first-order chi connectivity index (χ1) is 9.70. The fourth-order valence-corrected chi connectivity index (χ4v) is 2.80. The average Bonchev–Trinajstić information content (AvgIpc) is 2.47. The van der Waals surface area contributed by atoms with Crippen molar-refractivity contribution in [2.24, 2.45) is 5.92 Å². The molecule has 2 rings (SSSR count). The van der Waals surface area contributed by atoms with E-state index in [1.165, 1.54) is 5.56 Å². The molecule has 0 atom stereocenters. The summed E-state index contributed by atoms with van der Waals surface area (Å²) in [4.78, 5) is 14.3. The van der Waals surface area contributed by atoms with E-state index in [-0.39, 0.29) is 5.91 Å². The summed E-state index contributed by atoms with van der Waals surface area (Å²) in [5, 5.41) is 0. The Morgan fingerprint density at radius 1 is 1.35 bits per heavy atom. The Hall–Kier alpha value is -1.35. The Morgan fingerprint density at radius 3 is 2.75 bits per heavy atom. The molecule has 3 nitrogen and oxygen atoms in total. The van der Waals surface area contributed by atoms with E-state index in [1.54, 1.807) is 0 Å². The molecule has 0 aliphatic carbocycles. The molecule has 1 fully saturated rings. The Morgan fingerprint density at radius 2 is 2.10 bits per heavy atom. The van der Waals surface area contributed by atoms with Crippen LogP contribution in [-0.4, -0.2) is 25.7 Å². The van der Waals surface area contributed by atoms with E-state index < -0.39 is 0 Å². The number of benzene rings is 1. The smallest absolute Gasteiger partial charge is 0.226 e. The van der Waals surface area contributed by atoms with Crippen LogP contribution in [0, 0.1) is 12.8 Å². The largest absolute Gasteiger partial charge is 0.381 e. The second kappa shape index (κ2) is 7.44. The summed E-state index contributed by atoms with van der Waals surface area (Å²) in [5.74, 6) is 0.897. The standard InChI is InChI=1S/C17H25NO2/c1-3-18(16-6-4-5-14(2)13-16)17(19)8-7-15-9-11-20-12-10-15/h4-6,13,15H,3,7-12H2,1-2H3. The molecule has 1 aliphatic heterocycles. The predicted octanol–water partition coefficient (Wildman–Crippen LogP) is 3.55. The van der Waals surface area contributed by atoms with Gasteiger partial charge in [0.1, 0.15) is 0 Å². The average molecular weight is 275 g/mol. The van der Waals surface area contributed by atoms with Gasteiger partial charge in [-0.05, 0) is 56.7 Å². The number of carbonyl (C=O) groups excluding carboxylic acids is 1. The molecule has 1 saturated heterocycles. The number of aryl methyl sites for hydroxylation is 1. The summed E-state index contributed by atoms with van der Waals surface area (Å²) in [6.07, 6.45) is 3.84. The van der Waals surface area contributed by atoms with Gasteiger partial charge in [-0.25, -0.2) is 0 Å². The highest BCUT2D eigenvalue weighted by Gasteiger charge is 2.18. The van der Waals surface area contributed by atoms with Crippen molar-refractivity contribution >= 4 is 11.6 Å². The first-order valence-electron chi connectivity index (χ1n) is 7.65. The molecule has 0 saturated carbocycles. The van der Waals surface area contributed by atoms with Gasteiger partial charge in [-0.1, -0.05) is 12.1 Å². The molecule has 20 heavy (non-hydrogen) atoms. The van der Waals surface area contributed by atoms with Crippen LogP contribution in [0.4, 0.5) is 5.69 Å². The highest BCUT2D eigenvalue weighted by atomic mass is 16.5. The summed E-state index contributed by atoms with van der Waals surface area (Å²) >= 11 is 0. The van der Waals surface area contributed by atoms with Crippen molar-refractivity contribution < 1.29 is 9.53 Å². The van der Waals surface area contributed by atoms with Gasteiger partial charge in [0.2, 0.25) is 5.91 Å². The van der Waals surface area contributed by atoms with Gasteiger partial charge in [-0.3, -0.25) is 4.79 Å². The fourth-order valence-electron chi connectivity index (χ4n) is 2.80. The summed E-state index contributed by atoms with van der Waals surface area (Å²) < 4.78 is 5.36. The molecule has 0 unspecified atom stereocenters. The van der Waals surface area contributed by atoms with Crippen molar-refractivity contribution in [3.8, 4) is 0 Å². The molecule has 0 aromatic heterocycles. The Labute approximate surface area is 121 Å². The zero-order valence-electron chi connectivity index (χ0n) is 12.6. The van der Waals surface area contributed by atoms with Gasteiger partial charge in [-0.2, -0.15) is 0 Å². The van der Waals surface area contributed by atoms with Crippen LogP contribution >= 0.6 is 0 Å². The van der Waals surface area contributed by atoms with Crippen molar-refractivity contribution in [1.82, 2.24) is 0 Å². The quantitative estimate of drug-likeness (QED) is 0.822. The van der Waals surface area contributed by atoms with E-state index in [1.807, 2.05) is 24.0 Å². The van der Waals surface area contributed by atoms with Crippen LogP contribution in [-0.2, 0) is 9.53 Å². The van der Waals surface area contributed by atoms with Gasteiger partial charge in [-0.15, -0.1) is 0 Å². The van der Waals surface area contributed by atoms with E-state index in [4.69, 9.17) is 4.74 Å². The number of hydrogen-bond donors (Lipinski definition) is 0. The Bertz CT molecular complexity index is 438. The van der Waals surface area contributed by atoms with Gasteiger partial charge in [0.25, 0.3) is 0 Å². The number of amides is 1. The highest BCUT2D eigenvalue weighted by Crippen LogP contribution is 2.22. The van der Waals surface area contributed by atoms with Crippen molar-refractivity contribution in [2.45, 2.75) is 39.5 Å². The van der Waals surface area contributed by atoms with Gasteiger partial charge in [0, 0.05) is 31.9 Å². The number of hydrogen-bond acceptors (Lipinski definition) is 2. The van der Waals surface area contributed by atoms with Crippen LogP contribution in [0.5, 0.6) is 0 Å². The minimum absolute atomic E-state index is 0.240. The minimum Gasteiger partial charge on any atom is -0.381 e. The summed E-state index contributed by atoms with van der Waals surface area (Å²) in [7, 11) is 0. The molecule has 1 aromatic carbocycles. The topological polar surface area (TPSA) is 29.5 Å². The zero-order chi connectivity index (χ0) is 14.4. The number of ether oxygens (including phenoxy) is 1. The molecule has 110 valence electrons. The summed E-state index contributed by atoms with van der Waals surface area (Å²) in [6, 6.07) is 8.17. The van der Waals surface area contributed by atoms with Crippen molar-refractivity contribution in [1.29, 1.82) is 0 Å². The highest BCUT2D eigenvalue weighted by molar-refractivity contribution is 5.93. The Balaban J connectivity index is 1.91. The lowest BCUT2D eigenvalue weighted by Crippen LogP contribution is -2.31. The third-order valence-electron chi connectivity index (χ3n) is 4.04. The third-order valence-corrected chi connectivity index (χ3v) is 4.04. The van der Waals surface area contributed by atoms with Crippen molar-refractivity contribution in [2.75, 3.05) is 24.7 Å². The van der Waals surface area contributed by atoms with Gasteiger partial charge in [0.15, 0.2) is 0 Å². The first-order valence-corrected chi connectivity index (χ1v) is 7.65. The third kappa shape index (κ3) is 4.07. The van der Waals surface area contributed by atoms with Crippen LogP contribution in [0.1, 0.15) is 38.2 Å². The lowest BCUT2D eigenvalue weighted by molar-refractivity contribution is -0.119. The van der Waals surface area contributed by atoms with Crippen LogP contribution in [0.25, 0.3) is 0 Å². The van der Waals surface area contributed by atoms with Crippen LogP contribution < -0.4 is 4.90 Å². The fraction of sp³-hybridized carbons (Fsp3) is 0.588. The van der Waals surface area contributed by atoms with Gasteiger partial charge >= 0.3 is 0 Å². The minimum atomic E-state index is 0.240. The monoisotopic (exact) mass is 275 g/mol. The molecule has 0 bridgehead atoms. The summed E-state index contributed by atoms with van der Waals surface area (Å²) in [5.41, 5.74) is 2.21. The lowest BCUT2D eigenvalue weighted by Gasteiger charge is -2.25. The van der Waals surface area contributed by atoms with E-state index in [0.717, 1.165) is 44.7 Å². The normalized spacial score (nSPS) is 16.1. The molecule has 1 heterocycles. The van der Waals surface area contributed by atoms with Crippen LogP contribution in [0.3, 0.4) is 0 Å². The van der Waals surface area contributed by atoms with Crippen molar-refractivity contribution in [3.63, 3.8) is 0 Å². The number of rotatable bonds is 5. The predicted molar refractivity (Wildman–Crippen MR) is 82.0 cm³/mol.